The maximum Gasteiger partial charge on any atom is 0.325 e. The topological polar surface area (TPSA) is 47.6 Å². The van der Waals surface area contributed by atoms with Crippen LogP contribution in [0.5, 0.6) is 5.75 Å². The number of hydrogen-bond acceptors (Lipinski definition) is 4. The molecule has 20 heavy (non-hydrogen) atoms. The van der Waals surface area contributed by atoms with Gasteiger partial charge in [-0.1, -0.05) is 30.3 Å². The second-order valence-electron chi connectivity index (χ2n) is 4.23. The van der Waals surface area contributed by atoms with Crippen molar-refractivity contribution in [2.45, 2.75) is 6.61 Å². The first-order valence-electron chi connectivity index (χ1n) is 6.35. The number of rotatable bonds is 6. The molecule has 0 radical (unpaired) electrons. The van der Waals surface area contributed by atoms with Crippen LogP contribution in [0.3, 0.4) is 0 Å². The maximum atomic E-state index is 11.6. The Kier molecular flexibility index (Phi) is 5.00. The molecule has 0 heterocycles. The molecule has 0 bridgehead atoms. The van der Waals surface area contributed by atoms with E-state index in [2.05, 4.69) is 5.32 Å². The fraction of sp³-hybridized carbons (Fsp3) is 0.188. The molecule has 2 rings (SSSR count). The van der Waals surface area contributed by atoms with Crippen LogP contribution >= 0.6 is 0 Å². The molecule has 4 nitrogen and oxygen atoms in total. The number of hydrogen-bond donors (Lipinski definition) is 1. The SMILES string of the molecule is COc1cccc(COC(=O)CNc2ccccc2)c1. The minimum absolute atomic E-state index is 0.147. The van der Waals surface area contributed by atoms with E-state index in [-0.39, 0.29) is 19.1 Å². The van der Waals surface area contributed by atoms with Crippen LogP contribution < -0.4 is 10.1 Å². The molecule has 0 aliphatic heterocycles. The average Bonchev–Trinajstić information content (AvgIpc) is 2.52. The van der Waals surface area contributed by atoms with Gasteiger partial charge in [0.1, 0.15) is 18.9 Å². The summed E-state index contributed by atoms with van der Waals surface area (Å²) in [7, 11) is 1.61. The molecular weight excluding hydrogens is 254 g/mol. The van der Waals surface area contributed by atoms with E-state index in [1.165, 1.54) is 0 Å². The van der Waals surface area contributed by atoms with Gasteiger partial charge in [-0.05, 0) is 29.8 Å². The standard InChI is InChI=1S/C16H17NO3/c1-19-15-9-5-6-13(10-15)12-20-16(18)11-17-14-7-3-2-4-8-14/h2-10,17H,11-12H2,1H3. The number of esters is 1. The quantitative estimate of drug-likeness (QED) is 0.821. The van der Waals surface area contributed by atoms with Crippen molar-refractivity contribution in [1.29, 1.82) is 0 Å². The molecule has 2 aromatic rings. The number of nitrogens with one attached hydrogen (secondary N) is 1. The fourth-order valence-corrected chi connectivity index (χ4v) is 1.71. The summed E-state index contributed by atoms with van der Waals surface area (Å²) in [5.41, 5.74) is 1.79. The number of methoxy groups -OCH3 is 1. The van der Waals surface area contributed by atoms with Gasteiger partial charge in [-0.3, -0.25) is 4.79 Å². The summed E-state index contributed by atoms with van der Waals surface area (Å²) in [6, 6.07) is 17.0. The van der Waals surface area contributed by atoms with Crippen LogP contribution in [0.25, 0.3) is 0 Å². The highest BCUT2D eigenvalue weighted by atomic mass is 16.5. The van der Waals surface area contributed by atoms with E-state index in [1.54, 1.807) is 7.11 Å². The molecule has 0 aliphatic carbocycles. The summed E-state index contributed by atoms with van der Waals surface area (Å²) < 4.78 is 10.3. The van der Waals surface area contributed by atoms with Gasteiger partial charge >= 0.3 is 5.97 Å². The van der Waals surface area contributed by atoms with E-state index in [4.69, 9.17) is 9.47 Å². The Labute approximate surface area is 118 Å². The van der Waals surface area contributed by atoms with Crippen molar-refractivity contribution in [2.24, 2.45) is 0 Å². The lowest BCUT2D eigenvalue weighted by Gasteiger charge is -2.08. The normalized spacial score (nSPS) is 9.85. The largest absolute Gasteiger partial charge is 0.497 e. The van der Waals surface area contributed by atoms with Crippen molar-refractivity contribution in [1.82, 2.24) is 0 Å². The number of ether oxygens (including phenoxy) is 2. The Morgan fingerprint density at radius 1 is 1.10 bits per heavy atom. The third-order valence-corrected chi connectivity index (χ3v) is 2.74. The molecule has 0 unspecified atom stereocenters. The van der Waals surface area contributed by atoms with Crippen LogP contribution in [-0.2, 0) is 16.1 Å². The van der Waals surface area contributed by atoms with Crippen LogP contribution in [0.1, 0.15) is 5.56 Å². The monoisotopic (exact) mass is 271 g/mol. The van der Waals surface area contributed by atoms with Gasteiger partial charge in [-0.25, -0.2) is 0 Å². The summed E-state index contributed by atoms with van der Waals surface area (Å²) in [5.74, 6) is 0.456. The molecule has 0 saturated carbocycles. The molecule has 104 valence electrons. The van der Waals surface area contributed by atoms with Gasteiger partial charge in [-0.15, -0.1) is 0 Å². The second kappa shape index (κ2) is 7.19. The molecule has 1 N–H and O–H groups in total. The molecule has 0 fully saturated rings. The molecule has 0 amide bonds. The summed E-state index contributed by atoms with van der Waals surface area (Å²) in [6.45, 7) is 0.389. The Morgan fingerprint density at radius 2 is 1.90 bits per heavy atom. The number of para-hydroxylation sites is 1. The van der Waals surface area contributed by atoms with E-state index >= 15 is 0 Å². The van der Waals surface area contributed by atoms with Crippen LogP contribution in [0.4, 0.5) is 5.69 Å². The highest BCUT2D eigenvalue weighted by molar-refractivity contribution is 5.74. The van der Waals surface area contributed by atoms with Crippen LogP contribution in [0.2, 0.25) is 0 Å². The molecule has 0 spiro atoms. The lowest BCUT2D eigenvalue weighted by atomic mass is 10.2. The highest BCUT2D eigenvalue weighted by Crippen LogP contribution is 2.13. The van der Waals surface area contributed by atoms with E-state index in [0.717, 1.165) is 17.0 Å². The smallest absolute Gasteiger partial charge is 0.325 e. The van der Waals surface area contributed by atoms with Crippen molar-refractivity contribution in [3.8, 4) is 5.75 Å². The lowest BCUT2D eigenvalue weighted by molar-refractivity contribution is -0.142. The van der Waals surface area contributed by atoms with Gasteiger partial charge in [0.15, 0.2) is 0 Å². The second-order valence-corrected chi connectivity index (χ2v) is 4.23. The first-order valence-corrected chi connectivity index (χ1v) is 6.35. The third-order valence-electron chi connectivity index (χ3n) is 2.74. The predicted molar refractivity (Wildman–Crippen MR) is 77.7 cm³/mol. The molecule has 4 heteroatoms. The molecule has 2 aromatic carbocycles. The van der Waals surface area contributed by atoms with Crippen LogP contribution in [-0.4, -0.2) is 19.6 Å². The first-order chi connectivity index (χ1) is 9.78. The lowest BCUT2D eigenvalue weighted by Crippen LogP contribution is -2.16. The molecule has 0 atom stereocenters. The molecule has 0 saturated heterocycles. The van der Waals surface area contributed by atoms with Gasteiger partial charge in [0.05, 0.1) is 7.11 Å². The minimum Gasteiger partial charge on any atom is -0.497 e. The number of carbonyl (C=O) groups is 1. The molecule has 0 aliphatic rings. The zero-order valence-electron chi connectivity index (χ0n) is 11.3. The number of carbonyl (C=O) groups excluding carboxylic acids is 1. The molecule has 0 aromatic heterocycles. The minimum atomic E-state index is -0.295. The zero-order valence-corrected chi connectivity index (χ0v) is 11.3. The fourth-order valence-electron chi connectivity index (χ4n) is 1.71. The van der Waals surface area contributed by atoms with Crippen LogP contribution in [0, 0.1) is 0 Å². The summed E-state index contributed by atoms with van der Waals surface area (Å²) >= 11 is 0. The maximum absolute atomic E-state index is 11.6. The van der Waals surface area contributed by atoms with E-state index in [1.807, 2.05) is 54.6 Å². The summed E-state index contributed by atoms with van der Waals surface area (Å²) in [4.78, 5) is 11.6. The third kappa shape index (κ3) is 4.31. The summed E-state index contributed by atoms with van der Waals surface area (Å²) in [5, 5.41) is 3.00. The molecular formula is C16H17NO3. The number of anilines is 1. The van der Waals surface area contributed by atoms with Gasteiger partial charge in [-0.2, -0.15) is 0 Å². The van der Waals surface area contributed by atoms with Crippen molar-refractivity contribution in [3.63, 3.8) is 0 Å². The first kappa shape index (κ1) is 13.9. The Morgan fingerprint density at radius 3 is 2.65 bits per heavy atom. The Bertz CT molecular complexity index is 555. The number of benzene rings is 2. The zero-order chi connectivity index (χ0) is 14.2. The van der Waals surface area contributed by atoms with Crippen LogP contribution in [0.15, 0.2) is 54.6 Å². The van der Waals surface area contributed by atoms with Gasteiger partial charge < -0.3 is 14.8 Å². The average molecular weight is 271 g/mol. The summed E-state index contributed by atoms with van der Waals surface area (Å²) in [6.07, 6.45) is 0. The van der Waals surface area contributed by atoms with E-state index < -0.39 is 0 Å². The Balaban J connectivity index is 1.77. The predicted octanol–water partition coefficient (Wildman–Crippen LogP) is 2.85. The van der Waals surface area contributed by atoms with Crippen molar-refractivity contribution in [2.75, 3.05) is 19.0 Å². The van der Waals surface area contributed by atoms with E-state index in [9.17, 15) is 4.79 Å². The van der Waals surface area contributed by atoms with E-state index in [0.29, 0.717) is 0 Å². The van der Waals surface area contributed by atoms with Crippen molar-refractivity contribution in [3.05, 3.63) is 60.2 Å². The highest BCUT2D eigenvalue weighted by Gasteiger charge is 2.04. The Hall–Kier alpha value is -2.49. The van der Waals surface area contributed by atoms with Gasteiger partial charge in [0.2, 0.25) is 0 Å². The van der Waals surface area contributed by atoms with Gasteiger partial charge in [0, 0.05) is 5.69 Å². The van der Waals surface area contributed by atoms with Crippen molar-refractivity contribution >= 4 is 11.7 Å². The van der Waals surface area contributed by atoms with Crippen molar-refractivity contribution < 1.29 is 14.3 Å². The van der Waals surface area contributed by atoms with Gasteiger partial charge in [0.25, 0.3) is 0 Å².